The van der Waals surface area contributed by atoms with Crippen molar-refractivity contribution in [3.05, 3.63) is 69.0 Å². The van der Waals surface area contributed by atoms with Crippen LogP contribution < -0.4 is 10.5 Å². The van der Waals surface area contributed by atoms with E-state index in [-0.39, 0.29) is 17.2 Å². The van der Waals surface area contributed by atoms with Crippen LogP contribution in [-0.2, 0) is 0 Å². The summed E-state index contributed by atoms with van der Waals surface area (Å²) in [5.41, 5.74) is 7.62. The number of halogens is 2. The fraction of sp³-hybridized carbons (Fsp3) is 0.0625. The fourth-order valence-corrected chi connectivity index (χ4v) is 2.79. The SMILES string of the molecule is N#CC1=C(N)Oc2cc(O)ccc2[C@@H]1c1ccc(Cl)c(Cl)c1. The van der Waals surface area contributed by atoms with E-state index in [1.54, 1.807) is 24.3 Å². The molecule has 0 saturated heterocycles. The molecule has 2 aromatic rings. The summed E-state index contributed by atoms with van der Waals surface area (Å²) in [7, 11) is 0. The molecule has 0 radical (unpaired) electrons. The van der Waals surface area contributed by atoms with Crippen molar-refractivity contribution in [2.24, 2.45) is 5.73 Å². The van der Waals surface area contributed by atoms with Gasteiger partial charge >= 0.3 is 0 Å². The van der Waals surface area contributed by atoms with Gasteiger partial charge in [0.25, 0.3) is 0 Å². The summed E-state index contributed by atoms with van der Waals surface area (Å²) in [5.74, 6) is 0.0493. The molecule has 0 aliphatic carbocycles. The van der Waals surface area contributed by atoms with E-state index in [0.29, 0.717) is 15.8 Å². The molecule has 0 unspecified atom stereocenters. The van der Waals surface area contributed by atoms with Gasteiger partial charge in [-0.2, -0.15) is 5.26 Å². The highest BCUT2D eigenvalue weighted by atomic mass is 35.5. The number of nitriles is 1. The molecule has 1 heterocycles. The second-order valence-electron chi connectivity index (χ2n) is 4.82. The van der Waals surface area contributed by atoms with Gasteiger partial charge in [0.15, 0.2) is 0 Å². The van der Waals surface area contributed by atoms with Crippen molar-refractivity contribution in [2.75, 3.05) is 0 Å². The zero-order valence-corrected chi connectivity index (χ0v) is 12.7. The molecule has 3 N–H and O–H groups in total. The van der Waals surface area contributed by atoms with Crippen molar-refractivity contribution < 1.29 is 9.84 Å². The normalized spacial score (nSPS) is 16.7. The van der Waals surface area contributed by atoms with Crippen molar-refractivity contribution in [1.29, 1.82) is 5.26 Å². The van der Waals surface area contributed by atoms with Crippen LogP contribution in [-0.4, -0.2) is 5.11 Å². The summed E-state index contributed by atoms with van der Waals surface area (Å²) >= 11 is 12.0. The molecule has 22 heavy (non-hydrogen) atoms. The summed E-state index contributed by atoms with van der Waals surface area (Å²) < 4.78 is 5.44. The second kappa shape index (κ2) is 5.45. The quantitative estimate of drug-likeness (QED) is 0.829. The standard InChI is InChI=1S/C16H10Cl2N2O2/c17-12-4-1-8(5-13(12)18)15-10-3-2-9(21)6-14(10)22-16(20)11(15)7-19/h1-6,15,21H,20H2/t15-/m0/s1. The fourth-order valence-electron chi connectivity index (χ4n) is 2.48. The Hall–Kier alpha value is -2.35. The number of benzene rings is 2. The third-order valence-corrected chi connectivity index (χ3v) is 4.22. The van der Waals surface area contributed by atoms with Crippen molar-refractivity contribution >= 4 is 23.2 Å². The lowest BCUT2D eigenvalue weighted by atomic mass is 9.83. The Morgan fingerprint density at radius 2 is 1.91 bits per heavy atom. The smallest absolute Gasteiger partial charge is 0.205 e. The molecule has 3 rings (SSSR count). The van der Waals surface area contributed by atoms with Crippen molar-refractivity contribution in [2.45, 2.75) is 5.92 Å². The van der Waals surface area contributed by atoms with Crippen LogP contribution in [0.2, 0.25) is 10.0 Å². The Bertz CT molecular complexity index is 841. The van der Waals surface area contributed by atoms with Crippen LogP contribution in [0.15, 0.2) is 47.9 Å². The van der Waals surface area contributed by atoms with Crippen molar-refractivity contribution in [3.8, 4) is 17.6 Å². The number of aromatic hydroxyl groups is 1. The van der Waals surface area contributed by atoms with Crippen molar-refractivity contribution in [1.82, 2.24) is 0 Å². The molecule has 0 aromatic heterocycles. The van der Waals surface area contributed by atoms with Crippen LogP contribution in [0.25, 0.3) is 0 Å². The largest absolute Gasteiger partial charge is 0.508 e. The van der Waals surface area contributed by atoms with Crippen LogP contribution in [0.3, 0.4) is 0 Å². The van der Waals surface area contributed by atoms with Gasteiger partial charge in [-0.25, -0.2) is 0 Å². The Balaban J connectivity index is 2.23. The number of fused-ring (bicyclic) bond motifs is 1. The molecule has 1 aliphatic rings. The van der Waals surface area contributed by atoms with Crippen LogP contribution >= 0.6 is 23.2 Å². The van der Waals surface area contributed by atoms with Crippen LogP contribution in [0.5, 0.6) is 11.5 Å². The zero-order valence-electron chi connectivity index (χ0n) is 11.2. The number of nitrogens with two attached hydrogens (primary N) is 1. The van der Waals surface area contributed by atoms with Crippen LogP contribution in [0.1, 0.15) is 17.0 Å². The first-order valence-corrected chi connectivity index (χ1v) is 7.12. The summed E-state index contributed by atoms with van der Waals surface area (Å²) in [6.07, 6.45) is 0. The lowest BCUT2D eigenvalue weighted by molar-refractivity contribution is 0.388. The Morgan fingerprint density at radius 1 is 1.14 bits per heavy atom. The third kappa shape index (κ3) is 2.35. The minimum Gasteiger partial charge on any atom is -0.508 e. The first-order valence-electron chi connectivity index (χ1n) is 6.36. The molecule has 0 saturated carbocycles. The molecule has 0 fully saturated rings. The number of ether oxygens (including phenoxy) is 1. The van der Waals surface area contributed by atoms with Gasteiger partial charge in [0, 0.05) is 11.6 Å². The monoisotopic (exact) mass is 332 g/mol. The highest BCUT2D eigenvalue weighted by Crippen LogP contribution is 2.44. The molecule has 4 nitrogen and oxygen atoms in total. The predicted octanol–water partition coefficient (Wildman–Crippen LogP) is 3.92. The highest BCUT2D eigenvalue weighted by Gasteiger charge is 2.31. The van der Waals surface area contributed by atoms with Gasteiger partial charge in [0.2, 0.25) is 5.88 Å². The molecule has 1 atom stereocenters. The Kier molecular flexibility index (Phi) is 3.61. The van der Waals surface area contributed by atoms with Gasteiger partial charge in [-0.1, -0.05) is 35.3 Å². The molecular weight excluding hydrogens is 323 g/mol. The van der Waals surface area contributed by atoms with Crippen molar-refractivity contribution in [3.63, 3.8) is 0 Å². The lowest BCUT2D eigenvalue weighted by Gasteiger charge is -2.26. The highest BCUT2D eigenvalue weighted by molar-refractivity contribution is 6.42. The molecule has 6 heteroatoms. The van der Waals surface area contributed by atoms with Crippen LogP contribution in [0.4, 0.5) is 0 Å². The number of nitrogens with zero attached hydrogens (tertiary/aromatic N) is 1. The van der Waals surface area contributed by atoms with E-state index in [9.17, 15) is 10.4 Å². The number of phenols is 1. The van der Waals surface area contributed by atoms with E-state index in [1.165, 1.54) is 12.1 Å². The summed E-state index contributed by atoms with van der Waals surface area (Å²) in [6.45, 7) is 0. The minimum atomic E-state index is -0.427. The minimum absolute atomic E-state index is 0.0108. The van der Waals surface area contributed by atoms with Gasteiger partial charge in [-0.15, -0.1) is 0 Å². The summed E-state index contributed by atoms with van der Waals surface area (Å²) in [4.78, 5) is 0. The first-order chi connectivity index (χ1) is 10.5. The number of allylic oxidation sites excluding steroid dienone is 1. The van der Waals surface area contributed by atoms with E-state index >= 15 is 0 Å². The molecule has 0 amide bonds. The summed E-state index contributed by atoms with van der Waals surface area (Å²) in [6, 6.07) is 11.9. The third-order valence-electron chi connectivity index (χ3n) is 3.48. The first kappa shape index (κ1) is 14.6. The number of phenolic OH excluding ortho intramolecular Hbond substituents is 1. The van der Waals surface area contributed by atoms with E-state index in [2.05, 4.69) is 6.07 Å². The van der Waals surface area contributed by atoms with E-state index in [1.807, 2.05) is 0 Å². The zero-order chi connectivity index (χ0) is 15.9. The average molecular weight is 333 g/mol. The molecular formula is C16H10Cl2N2O2. The molecule has 2 aromatic carbocycles. The maximum absolute atomic E-state index is 9.59. The predicted molar refractivity (Wildman–Crippen MR) is 83.9 cm³/mol. The van der Waals surface area contributed by atoms with E-state index in [4.69, 9.17) is 33.7 Å². The molecule has 1 aliphatic heterocycles. The molecule has 110 valence electrons. The molecule has 0 bridgehead atoms. The maximum atomic E-state index is 9.59. The van der Waals surface area contributed by atoms with E-state index in [0.717, 1.165) is 11.1 Å². The topological polar surface area (TPSA) is 79.3 Å². The Labute approximate surface area is 136 Å². The second-order valence-corrected chi connectivity index (χ2v) is 5.63. The average Bonchev–Trinajstić information content (AvgIpc) is 2.48. The van der Waals surface area contributed by atoms with Crippen LogP contribution in [0, 0.1) is 11.3 Å². The van der Waals surface area contributed by atoms with E-state index < -0.39 is 5.92 Å². The van der Waals surface area contributed by atoms with Gasteiger partial charge in [0.05, 0.1) is 16.0 Å². The van der Waals surface area contributed by atoms with Gasteiger partial charge in [0.1, 0.15) is 23.1 Å². The summed E-state index contributed by atoms with van der Waals surface area (Å²) in [5, 5.41) is 19.8. The number of hydrogen-bond acceptors (Lipinski definition) is 4. The number of hydrogen-bond donors (Lipinski definition) is 2. The number of rotatable bonds is 1. The Morgan fingerprint density at radius 3 is 2.59 bits per heavy atom. The van der Waals surface area contributed by atoms with Gasteiger partial charge < -0.3 is 15.6 Å². The lowest BCUT2D eigenvalue weighted by Crippen LogP contribution is -2.20. The van der Waals surface area contributed by atoms with Gasteiger partial charge in [-0.3, -0.25) is 0 Å². The molecule has 0 spiro atoms. The van der Waals surface area contributed by atoms with Gasteiger partial charge in [-0.05, 0) is 23.8 Å². The maximum Gasteiger partial charge on any atom is 0.205 e.